The third-order valence-corrected chi connectivity index (χ3v) is 8.49. The van der Waals surface area contributed by atoms with Crippen molar-refractivity contribution < 1.29 is 27.5 Å². The number of aromatic nitrogens is 5. The molecule has 3 aromatic rings. The minimum Gasteiger partial charge on any atom is -0.415 e. The van der Waals surface area contributed by atoms with Crippen LogP contribution in [0.5, 0.6) is 5.88 Å². The van der Waals surface area contributed by atoms with Gasteiger partial charge in [0.15, 0.2) is 0 Å². The summed E-state index contributed by atoms with van der Waals surface area (Å²) in [6.07, 6.45) is 4.72. The highest BCUT2D eigenvalue weighted by atomic mass is 32.1. The molecule has 2 saturated carbocycles. The van der Waals surface area contributed by atoms with Gasteiger partial charge in [0.25, 0.3) is 5.91 Å². The van der Waals surface area contributed by atoms with E-state index in [0.29, 0.717) is 41.6 Å². The van der Waals surface area contributed by atoms with Gasteiger partial charge in [-0.2, -0.15) is 8.78 Å². The van der Waals surface area contributed by atoms with Crippen LogP contribution in [0, 0.1) is 11.8 Å². The molecule has 15 heteroatoms. The molecule has 0 unspecified atom stereocenters. The molecule has 0 aromatic carbocycles. The fraction of sp³-hybridized carbons (Fsp3) is 0.542. The molecular formula is C24H27F3N8O3S. The Hall–Kier alpha value is -3.62. The van der Waals surface area contributed by atoms with Gasteiger partial charge < -0.3 is 20.7 Å². The molecule has 3 aliphatic carbocycles. The number of ether oxygens (including phenoxy) is 1. The van der Waals surface area contributed by atoms with Gasteiger partial charge in [-0.1, -0.05) is 0 Å². The van der Waals surface area contributed by atoms with E-state index in [-0.39, 0.29) is 42.1 Å². The van der Waals surface area contributed by atoms with Crippen LogP contribution in [0.25, 0.3) is 0 Å². The number of aryl methyl sites for hydroxylation is 2. The summed E-state index contributed by atoms with van der Waals surface area (Å²) in [7, 11) is 1.58. The van der Waals surface area contributed by atoms with Gasteiger partial charge in [0, 0.05) is 42.4 Å². The molecule has 0 aliphatic heterocycles. The second kappa shape index (κ2) is 10.2. The first-order valence-corrected chi connectivity index (χ1v) is 13.6. The molecule has 3 aliphatic rings. The second-order valence-corrected chi connectivity index (χ2v) is 11.3. The summed E-state index contributed by atoms with van der Waals surface area (Å²) in [5, 5.41) is 21.5. The van der Waals surface area contributed by atoms with Crippen molar-refractivity contribution in [2.45, 2.75) is 57.3 Å². The summed E-state index contributed by atoms with van der Waals surface area (Å²) in [6, 6.07) is 1.22. The Labute approximate surface area is 225 Å². The summed E-state index contributed by atoms with van der Waals surface area (Å²) in [5.74, 6) is -0.0579. The highest BCUT2D eigenvalue weighted by molar-refractivity contribution is 7.17. The molecule has 3 N–H and O–H groups in total. The Morgan fingerprint density at radius 2 is 2.08 bits per heavy atom. The Morgan fingerprint density at radius 1 is 1.28 bits per heavy atom. The molecule has 6 rings (SSSR count). The first-order valence-electron chi connectivity index (χ1n) is 12.8. The summed E-state index contributed by atoms with van der Waals surface area (Å²) in [6.45, 7) is -2.74. The molecule has 2 amide bonds. The lowest BCUT2D eigenvalue weighted by Gasteiger charge is -2.25. The van der Waals surface area contributed by atoms with E-state index in [1.807, 2.05) is 4.57 Å². The average Bonchev–Trinajstić information content (AvgIpc) is 3.74. The number of carbonyl (C=O) groups excluding carboxylic acids is 2. The minimum atomic E-state index is -2.99. The van der Waals surface area contributed by atoms with Crippen LogP contribution in [-0.2, 0) is 24.7 Å². The maximum absolute atomic E-state index is 13.4. The lowest BCUT2D eigenvalue weighted by Crippen LogP contribution is -2.29. The molecule has 0 bridgehead atoms. The number of rotatable bonds is 10. The fourth-order valence-electron chi connectivity index (χ4n) is 4.85. The van der Waals surface area contributed by atoms with Gasteiger partial charge in [-0.3, -0.25) is 14.2 Å². The van der Waals surface area contributed by atoms with Crippen LogP contribution in [0.1, 0.15) is 52.5 Å². The van der Waals surface area contributed by atoms with E-state index in [0.717, 1.165) is 29.7 Å². The predicted octanol–water partition coefficient (Wildman–Crippen LogP) is 3.58. The van der Waals surface area contributed by atoms with Gasteiger partial charge in [-0.15, -0.1) is 26.6 Å². The predicted molar refractivity (Wildman–Crippen MR) is 135 cm³/mol. The van der Waals surface area contributed by atoms with Crippen LogP contribution in [-0.4, -0.2) is 55.7 Å². The lowest BCUT2D eigenvalue weighted by atomic mass is 9.91. The molecule has 208 valence electrons. The number of fused-ring (bicyclic) bond motifs is 1. The maximum Gasteiger partial charge on any atom is 0.388 e. The first-order chi connectivity index (χ1) is 18.8. The molecule has 0 radical (unpaired) electrons. The van der Waals surface area contributed by atoms with Gasteiger partial charge in [0.2, 0.25) is 17.7 Å². The van der Waals surface area contributed by atoms with Gasteiger partial charge >= 0.3 is 6.61 Å². The summed E-state index contributed by atoms with van der Waals surface area (Å²) >= 11 is 1.42. The Kier molecular flexibility index (Phi) is 6.69. The summed E-state index contributed by atoms with van der Waals surface area (Å²) < 4.78 is 46.2. The van der Waals surface area contributed by atoms with Crippen molar-refractivity contribution in [3.8, 4) is 5.88 Å². The molecule has 3 atom stereocenters. The van der Waals surface area contributed by atoms with Crippen LogP contribution < -0.4 is 20.7 Å². The van der Waals surface area contributed by atoms with E-state index < -0.39 is 12.8 Å². The van der Waals surface area contributed by atoms with Crippen LogP contribution in [0.3, 0.4) is 0 Å². The van der Waals surface area contributed by atoms with Crippen molar-refractivity contribution in [1.82, 2.24) is 29.9 Å². The number of hydrogen-bond acceptors (Lipinski definition) is 8. The molecule has 0 saturated heterocycles. The Bertz CT molecular complexity index is 1400. The fourth-order valence-corrected chi connectivity index (χ4v) is 6.09. The van der Waals surface area contributed by atoms with Crippen molar-refractivity contribution in [1.29, 1.82) is 0 Å². The first kappa shape index (κ1) is 25.6. The van der Waals surface area contributed by atoms with E-state index in [2.05, 4.69) is 36.0 Å². The number of carbonyl (C=O) groups is 2. The van der Waals surface area contributed by atoms with Crippen LogP contribution >= 0.6 is 11.3 Å². The number of thiophene rings is 1. The Balaban J connectivity index is 1.24. The molecule has 3 heterocycles. The summed E-state index contributed by atoms with van der Waals surface area (Å²) in [4.78, 5) is 26.9. The minimum absolute atomic E-state index is 0.0178. The normalized spacial score (nSPS) is 21.9. The third-order valence-electron chi connectivity index (χ3n) is 7.28. The third kappa shape index (κ3) is 5.44. The van der Waals surface area contributed by atoms with Crippen molar-refractivity contribution in [2.24, 2.45) is 18.9 Å². The van der Waals surface area contributed by atoms with Crippen molar-refractivity contribution in [3.05, 3.63) is 28.4 Å². The van der Waals surface area contributed by atoms with Crippen LogP contribution in [0.2, 0.25) is 0 Å². The Morgan fingerprint density at radius 3 is 2.79 bits per heavy atom. The highest BCUT2D eigenvalue weighted by Gasteiger charge is 2.39. The van der Waals surface area contributed by atoms with Crippen molar-refractivity contribution in [3.63, 3.8) is 0 Å². The lowest BCUT2D eigenvalue weighted by molar-refractivity contribution is -0.117. The van der Waals surface area contributed by atoms with Crippen LogP contribution in [0.4, 0.5) is 29.9 Å². The molecular weight excluding hydrogens is 537 g/mol. The molecule has 3 aromatic heterocycles. The zero-order valence-electron chi connectivity index (χ0n) is 21.0. The van der Waals surface area contributed by atoms with Crippen LogP contribution in [0.15, 0.2) is 12.4 Å². The maximum atomic E-state index is 13.4. The smallest absolute Gasteiger partial charge is 0.388 e. The number of halogens is 3. The van der Waals surface area contributed by atoms with Gasteiger partial charge in [0.1, 0.15) is 23.3 Å². The molecule has 11 nitrogen and oxygen atoms in total. The van der Waals surface area contributed by atoms with Crippen molar-refractivity contribution in [2.75, 3.05) is 17.2 Å². The second-order valence-electron chi connectivity index (χ2n) is 10.1. The SMILES string of the molecule is Cn1nc(OC(F)F)cc1Nc1nncn1[C@H]1CCc2sc(NC(=O)C3CC3)c(C(=O)NC[C@H]3C[C@@H]3F)c2C1. The van der Waals surface area contributed by atoms with E-state index in [1.165, 1.54) is 22.1 Å². The monoisotopic (exact) mass is 564 g/mol. The average molecular weight is 565 g/mol. The summed E-state index contributed by atoms with van der Waals surface area (Å²) in [5.41, 5.74) is 1.29. The number of alkyl halides is 3. The number of amides is 2. The van der Waals surface area contributed by atoms with Gasteiger partial charge in [-0.25, -0.2) is 9.07 Å². The largest absolute Gasteiger partial charge is 0.415 e. The quantitative estimate of drug-likeness (QED) is 0.343. The van der Waals surface area contributed by atoms with Gasteiger partial charge in [-0.05, 0) is 44.1 Å². The highest BCUT2D eigenvalue weighted by Crippen LogP contribution is 2.43. The van der Waals surface area contributed by atoms with E-state index >= 15 is 0 Å². The standard InChI is InChI=1S/C24H27F3N8O3S/c1-34-17(8-18(33-34)38-23(26)27)30-24-32-29-10-35(24)13-4-5-16-14(7-13)19(21(37)28-9-12-6-15(12)25)22(39-16)31-20(36)11-2-3-11/h8,10-13,15,23H,2-7,9H2,1H3,(H,28,37)(H,30,32)(H,31,36)/t12-,13+,15+/m1/s1. The van der Waals surface area contributed by atoms with E-state index in [4.69, 9.17) is 0 Å². The number of nitrogens with zero attached hydrogens (tertiary/aromatic N) is 5. The van der Waals surface area contributed by atoms with E-state index in [1.54, 1.807) is 13.4 Å². The zero-order chi connectivity index (χ0) is 27.3. The number of hydrogen-bond donors (Lipinski definition) is 3. The number of anilines is 3. The topological polar surface area (TPSA) is 128 Å². The van der Waals surface area contributed by atoms with Crippen molar-refractivity contribution >= 4 is 39.9 Å². The number of nitrogens with one attached hydrogen (secondary N) is 3. The molecule has 0 spiro atoms. The zero-order valence-corrected chi connectivity index (χ0v) is 21.8. The molecule has 39 heavy (non-hydrogen) atoms. The van der Waals surface area contributed by atoms with Gasteiger partial charge in [0.05, 0.1) is 5.56 Å². The van der Waals surface area contributed by atoms with E-state index in [9.17, 15) is 22.8 Å². The molecule has 2 fully saturated rings.